The van der Waals surface area contributed by atoms with Crippen molar-refractivity contribution in [2.45, 2.75) is 38.0 Å². The van der Waals surface area contributed by atoms with Gasteiger partial charge in [-0.1, -0.05) is 42.1 Å². The molecule has 1 nitrogen and oxygen atoms in total. The average Bonchev–Trinajstić information content (AvgIpc) is 2.38. The second-order valence-corrected chi connectivity index (χ2v) is 5.46. The summed E-state index contributed by atoms with van der Waals surface area (Å²) in [6.07, 6.45) is -4.29. The van der Waals surface area contributed by atoms with Gasteiger partial charge < -0.3 is 0 Å². The van der Waals surface area contributed by atoms with Gasteiger partial charge in [-0.05, 0) is 6.42 Å². The van der Waals surface area contributed by atoms with Gasteiger partial charge in [-0.25, -0.2) is 17.6 Å². The van der Waals surface area contributed by atoms with Gasteiger partial charge in [0.1, 0.15) is 0 Å². The minimum Gasteiger partial charge on any atom is -0.282 e. The van der Waals surface area contributed by atoms with Crippen LogP contribution in [0.2, 0.25) is 0 Å². The van der Waals surface area contributed by atoms with E-state index in [2.05, 4.69) is 0 Å². The summed E-state index contributed by atoms with van der Waals surface area (Å²) in [5.74, 6) is -3.01. The second-order valence-electron chi connectivity index (χ2n) is 4.39. The molecule has 1 aromatic rings. The third kappa shape index (κ3) is 6.93. The number of halogens is 4. The number of hydrogen-bond donors (Lipinski definition) is 0. The molecule has 0 amide bonds. The zero-order chi connectivity index (χ0) is 15.0. The molecular weight excluding hydrogens is 292 g/mol. The molecule has 0 spiro atoms. The van der Waals surface area contributed by atoms with E-state index in [0.29, 0.717) is 5.56 Å². The Bertz CT molecular complexity index is 409. The first-order valence-electron chi connectivity index (χ1n) is 6.29. The molecule has 0 unspecified atom stereocenters. The predicted octanol–water partition coefficient (Wildman–Crippen LogP) is 5.02. The fourth-order valence-corrected chi connectivity index (χ4v) is 2.48. The van der Waals surface area contributed by atoms with E-state index in [4.69, 9.17) is 0 Å². The molecule has 0 heterocycles. The van der Waals surface area contributed by atoms with Gasteiger partial charge in [-0.2, -0.15) is 0 Å². The Kier molecular flexibility index (Phi) is 7.05. The molecule has 0 aliphatic heterocycles. The van der Waals surface area contributed by atoms with Crippen molar-refractivity contribution in [2.24, 2.45) is 0 Å². The summed E-state index contributed by atoms with van der Waals surface area (Å²) in [5.41, 5.74) is 0.471. The van der Waals surface area contributed by atoms with Crippen molar-refractivity contribution in [3.8, 4) is 0 Å². The van der Waals surface area contributed by atoms with Crippen molar-refractivity contribution in [2.75, 3.05) is 5.75 Å². The third-order valence-corrected chi connectivity index (χ3v) is 3.58. The number of rotatable bonds is 8. The zero-order valence-corrected chi connectivity index (χ0v) is 11.6. The molecule has 1 rings (SSSR count). The maximum atomic E-state index is 13.4. The standard InChI is InChI=1S/C14H16F4OS/c15-12(16)7-4-8-14(17,18)9-10-20-13(19)11-5-2-1-3-6-11/h1-3,5-6,12H,4,7-10H2. The van der Waals surface area contributed by atoms with Crippen molar-refractivity contribution < 1.29 is 22.4 Å². The van der Waals surface area contributed by atoms with Crippen LogP contribution < -0.4 is 0 Å². The van der Waals surface area contributed by atoms with Crippen molar-refractivity contribution in [1.82, 2.24) is 0 Å². The molecule has 0 aromatic heterocycles. The first-order valence-corrected chi connectivity index (χ1v) is 7.27. The van der Waals surface area contributed by atoms with Gasteiger partial charge in [-0.15, -0.1) is 0 Å². The smallest absolute Gasteiger partial charge is 0.249 e. The number of benzene rings is 1. The van der Waals surface area contributed by atoms with Crippen LogP contribution in [-0.4, -0.2) is 23.2 Å². The van der Waals surface area contributed by atoms with E-state index in [0.717, 1.165) is 11.8 Å². The Labute approximate surface area is 119 Å². The van der Waals surface area contributed by atoms with Crippen LogP contribution in [0, 0.1) is 0 Å². The number of alkyl halides is 4. The van der Waals surface area contributed by atoms with Gasteiger partial charge in [0.05, 0.1) is 0 Å². The van der Waals surface area contributed by atoms with Gasteiger partial charge in [0.25, 0.3) is 0 Å². The van der Waals surface area contributed by atoms with Crippen molar-refractivity contribution in [1.29, 1.82) is 0 Å². The molecule has 0 fully saturated rings. The maximum absolute atomic E-state index is 13.4. The van der Waals surface area contributed by atoms with E-state index in [1.165, 1.54) is 0 Å². The average molecular weight is 308 g/mol. The molecule has 0 atom stereocenters. The summed E-state index contributed by atoms with van der Waals surface area (Å²) < 4.78 is 50.4. The first kappa shape index (κ1) is 17.0. The van der Waals surface area contributed by atoms with Crippen LogP contribution in [0.3, 0.4) is 0 Å². The van der Waals surface area contributed by atoms with E-state index in [9.17, 15) is 22.4 Å². The fraction of sp³-hybridized carbons (Fsp3) is 0.500. The van der Waals surface area contributed by atoms with Gasteiger partial charge in [0, 0.05) is 30.6 Å². The minimum absolute atomic E-state index is 0.0184. The summed E-state index contributed by atoms with van der Waals surface area (Å²) in [5, 5.41) is -0.256. The Morgan fingerprint density at radius 1 is 1.15 bits per heavy atom. The van der Waals surface area contributed by atoms with Crippen LogP contribution in [0.4, 0.5) is 17.6 Å². The first-order chi connectivity index (χ1) is 9.41. The maximum Gasteiger partial charge on any atom is 0.249 e. The van der Waals surface area contributed by atoms with Crippen LogP contribution in [0.15, 0.2) is 30.3 Å². The van der Waals surface area contributed by atoms with Crippen molar-refractivity contribution in [3.05, 3.63) is 35.9 Å². The summed E-state index contributed by atoms with van der Waals surface area (Å²) >= 11 is 0.829. The Hall–Kier alpha value is -1.04. The van der Waals surface area contributed by atoms with Crippen LogP contribution in [0.1, 0.15) is 36.0 Å². The third-order valence-electron chi connectivity index (χ3n) is 2.68. The molecule has 0 saturated carbocycles. The SMILES string of the molecule is O=C(SCCC(F)(F)CCCC(F)F)c1ccccc1. The molecule has 112 valence electrons. The molecule has 0 bridgehead atoms. The lowest BCUT2D eigenvalue weighted by atomic mass is 10.1. The lowest BCUT2D eigenvalue weighted by Crippen LogP contribution is -2.17. The van der Waals surface area contributed by atoms with Crippen LogP contribution in [0.25, 0.3) is 0 Å². The Morgan fingerprint density at radius 2 is 1.80 bits per heavy atom. The number of thioether (sulfide) groups is 1. The summed E-state index contributed by atoms with van der Waals surface area (Å²) in [4.78, 5) is 11.7. The van der Waals surface area contributed by atoms with Gasteiger partial charge in [0.2, 0.25) is 17.5 Å². The van der Waals surface area contributed by atoms with Crippen LogP contribution in [0.5, 0.6) is 0 Å². The Balaban J connectivity index is 2.27. The molecular formula is C14H16F4OS. The lowest BCUT2D eigenvalue weighted by molar-refractivity contribution is -0.0160. The van der Waals surface area contributed by atoms with E-state index in [1.54, 1.807) is 30.3 Å². The fourth-order valence-electron chi connectivity index (χ4n) is 1.59. The van der Waals surface area contributed by atoms with Gasteiger partial charge in [-0.3, -0.25) is 4.79 Å². The Morgan fingerprint density at radius 3 is 2.40 bits per heavy atom. The highest BCUT2D eigenvalue weighted by Crippen LogP contribution is 2.28. The molecule has 0 aliphatic rings. The largest absolute Gasteiger partial charge is 0.282 e. The van der Waals surface area contributed by atoms with E-state index in [-0.39, 0.29) is 17.3 Å². The molecule has 0 radical (unpaired) electrons. The number of hydrogen-bond acceptors (Lipinski definition) is 2. The van der Waals surface area contributed by atoms with Crippen LogP contribution in [-0.2, 0) is 0 Å². The summed E-state index contributed by atoms with van der Waals surface area (Å²) in [6.45, 7) is 0. The molecule has 6 heteroatoms. The monoisotopic (exact) mass is 308 g/mol. The van der Waals surface area contributed by atoms with Crippen molar-refractivity contribution >= 4 is 16.9 Å². The highest BCUT2D eigenvalue weighted by atomic mass is 32.2. The van der Waals surface area contributed by atoms with Gasteiger partial charge >= 0.3 is 0 Å². The molecule has 0 aliphatic carbocycles. The molecule has 1 aromatic carbocycles. The number of carbonyl (C=O) groups is 1. The second kappa shape index (κ2) is 8.29. The highest BCUT2D eigenvalue weighted by molar-refractivity contribution is 8.14. The molecule has 0 saturated heterocycles. The molecule has 20 heavy (non-hydrogen) atoms. The van der Waals surface area contributed by atoms with E-state index < -0.39 is 31.6 Å². The summed E-state index contributed by atoms with van der Waals surface area (Å²) in [7, 11) is 0. The molecule has 0 N–H and O–H groups in total. The lowest BCUT2D eigenvalue weighted by Gasteiger charge is -2.15. The normalized spacial score (nSPS) is 11.8. The summed E-state index contributed by atoms with van der Waals surface area (Å²) in [6, 6.07) is 8.41. The van der Waals surface area contributed by atoms with E-state index in [1.807, 2.05) is 0 Å². The topological polar surface area (TPSA) is 17.1 Å². The quantitative estimate of drug-likeness (QED) is 0.627. The minimum atomic E-state index is -2.99. The highest BCUT2D eigenvalue weighted by Gasteiger charge is 2.28. The van der Waals surface area contributed by atoms with Gasteiger partial charge in [0.15, 0.2) is 0 Å². The number of carbonyl (C=O) groups excluding carboxylic acids is 1. The zero-order valence-electron chi connectivity index (χ0n) is 10.8. The van der Waals surface area contributed by atoms with Crippen LogP contribution >= 0.6 is 11.8 Å². The van der Waals surface area contributed by atoms with E-state index >= 15 is 0 Å². The predicted molar refractivity (Wildman–Crippen MR) is 72.6 cm³/mol. The van der Waals surface area contributed by atoms with Crippen molar-refractivity contribution in [3.63, 3.8) is 0 Å².